The molecule has 0 spiro atoms. The van der Waals surface area contributed by atoms with Gasteiger partial charge in [-0.05, 0) is 39.8 Å². The molecule has 0 atom stereocenters. The van der Waals surface area contributed by atoms with Crippen LogP contribution in [0.25, 0.3) is 0 Å². The van der Waals surface area contributed by atoms with Gasteiger partial charge in [-0.3, -0.25) is 9.97 Å². The fraction of sp³-hybridized carbons (Fsp3) is 0.333. The van der Waals surface area contributed by atoms with E-state index in [1.807, 2.05) is 39.8 Å². The van der Waals surface area contributed by atoms with Gasteiger partial charge < -0.3 is 14.5 Å². The number of furan rings is 1. The Balaban J connectivity index is 1.59. The van der Waals surface area contributed by atoms with Crippen molar-refractivity contribution in [2.24, 2.45) is 0 Å². The summed E-state index contributed by atoms with van der Waals surface area (Å²) in [5.41, 5.74) is 3.30. The predicted molar refractivity (Wildman–Crippen MR) is 93.4 cm³/mol. The van der Waals surface area contributed by atoms with Crippen molar-refractivity contribution < 1.29 is 9.15 Å². The smallest absolute Gasteiger partial charge is 0.236 e. The van der Waals surface area contributed by atoms with Gasteiger partial charge >= 0.3 is 0 Å². The van der Waals surface area contributed by atoms with Crippen LogP contribution in [0.15, 0.2) is 28.9 Å². The highest BCUT2D eigenvalue weighted by atomic mass is 16.5. The summed E-state index contributed by atoms with van der Waals surface area (Å²) < 4.78 is 11.5. The summed E-state index contributed by atoms with van der Waals surface area (Å²) in [5.74, 6) is 2.82. The molecule has 3 rings (SSSR count). The first-order valence-corrected chi connectivity index (χ1v) is 8.06. The molecule has 0 saturated heterocycles. The number of anilines is 1. The number of hydrogen-bond acceptors (Lipinski definition) is 7. The molecule has 3 aromatic rings. The van der Waals surface area contributed by atoms with Crippen LogP contribution in [0.5, 0.6) is 5.88 Å². The number of nitrogens with zero attached hydrogens (tertiary/aromatic N) is 4. The van der Waals surface area contributed by atoms with E-state index in [1.165, 1.54) is 0 Å². The van der Waals surface area contributed by atoms with E-state index < -0.39 is 0 Å². The fourth-order valence-corrected chi connectivity index (χ4v) is 2.26. The Bertz CT molecular complexity index is 806. The maximum Gasteiger partial charge on any atom is 0.236 e. The summed E-state index contributed by atoms with van der Waals surface area (Å²) in [7, 11) is 0. The Morgan fingerprint density at radius 1 is 0.920 bits per heavy atom. The lowest BCUT2D eigenvalue weighted by Crippen LogP contribution is -2.04. The van der Waals surface area contributed by atoms with Gasteiger partial charge in [0.25, 0.3) is 0 Å². The number of aromatic nitrogens is 4. The van der Waals surface area contributed by atoms with Gasteiger partial charge in [0.2, 0.25) is 5.88 Å². The van der Waals surface area contributed by atoms with Crippen LogP contribution in [-0.2, 0) is 13.2 Å². The summed E-state index contributed by atoms with van der Waals surface area (Å²) in [6, 6.07) is 3.81. The van der Waals surface area contributed by atoms with E-state index in [-0.39, 0.29) is 0 Å². The Kier molecular flexibility index (Phi) is 4.92. The maximum atomic E-state index is 5.78. The molecule has 0 aliphatic carbocycles. The van der Waals surface area contributed by atoms with Crippen LogP contribution in [-0.4, -0.2) is 19.9 Å². The van der Waals surface area contributed by atoms with Crippen LogP contribution < -0.4 is 10.1 Å². The van der Waals surface area contributed by atoms with Crippen molar-refractivity contribution in [3.05, 3.63) is 58.8 Å². The summed E-state index contributed by atoms with van der Waals surface area (Å²) in [6.45, 7) is 8.42. The average molecular weight is 339 g/mol. The van der Waals surface area contributed by atoms with E-state index in [2.05, 4.69) is 25.3 Å². The third kappa shape index (κ3) is 4.32. The minimum Gasteiger partial charge on any atom is -0.468 e. The van der Waals surface area contributed by atoms with Crippen molar-refractivity contribution in [2.45, 2.75) is 40.8 Å². The second kappa shape index (κ2) is 7.29. The number of aryl methyl sites for hydroxylation is 4. The molecule has 0 unspecified atom stereocenters. The number of rotatable bonds is 6. The van der Waals surface area contributed by atoms with E-state index in [0.717, 1.165) is 40.1 Å². The van der Waals surface area contributed by atoms with Crippen LogP contribution in [0.3, 0.4) is 0 Å². The third-order valence-corrected chi connectivity index (χ3v) is 3.61. The molecule has 7 nitrogen and oxygen atoms in total. The Morgan fingerprint density at radius 2 is 1.60 bits per heavy atom. The van der Waals surface area contributed by atoms with Crippen molar-refractivity contribution in [1.29, 1.82) is 0 Å². The molecule has 130 valence electrons. The molecule has 0 amide bonds. The van der Waals surface area contributed by atoms with Crippen LogP contribution >= 0.6 is 0 Å². The lowest BCUT2D eigenvalue weighted by Gasteiger charge is -2.07. The normalized spacial score (nSPS) is 10.7. The molecule has 0 aliphatic heterocycles. The summed E-state index contributed by atoms with van der Waals surface area (Å²) in [5, 5.41) is 3.24. The monoisotopic (exact) mass is 339 g/mol. The molecule has 0 aromatic carbocycles. The lowest BCUT2D eigenvalue weighted by atomic mass is 10.4. The second-order valence-corrected chi connectivity index (χ2v) is 5.86. The topological polar surface area (TPSA) is 86.0 Å². The van der Waals surface area contributed by atoms with Crippen molar-refractivity contribution in [3.8, 4) is 5.88 Å². The highest BCUT2D eigenvalue weighted by molar-refractivity contribution is 5.39. The Hall–Kier alpha value is -2.96. The van der Waals surface area contributed by atoms with Crippen molar-refractivity contribution >= 4 is 5.82 Å². The van der Waals surface area contributed by atoms with E-state index >= 15 is 0 Å². The van der Waals surface area contributed by atoms with E-state index in [1.54, 1.807) is 12.4 Å². The van der Waals surface area contributed by atoms with Crippen molar-refractivity contribution in [1.82, 2.24) is 19.9 Å². The fourth-order valence-electron chi connectivity index (χ4n) is 2.26. The standard InChI is InChI=1S/C18H21N5O2/c1-11-7-19-13(3)17(22-11)21-9-15-5-6-16(25-15)10-24-18-14(4)20-8-12(2)23-18/h5-8H,9-10H2,1-4H3,(H,21,22). The first-order chi connectivity index (χ1) is 12.0. The molecular weight excluding hydrogens is 318 g/mol. The van der Waals surface area contributed by atoms with Crippen molar-refractivity contribution in [3.63, 3.8) is 0 Å². The van der Waals surface area contributed by atoms with Crippen LogP contribution in [0.2, 0.25) is 0 Å². The van der Waals surface area contributed by atoms with E-state index in [4.69, 9.17) is 9.15 Å². The molecule has 0 saturated carbocycles. The lowest BCUT2D eigenvalue weighted by molar-refractivity contribution is 0.253. The van der Waals surface area contributed by atoms with Gasteiger partial charge in [-0.1, -0.05) is 0 Å². The molecule has 0 radical (unpaired) electrons. The SMILES string of the molecule is Cc1cnc(C)c(NCc2ccc(COc3nc(C)cnc3C)o2)n1. The predicted octanol–water partition coefficient (Wildman–Crippen LogP) is 3.28. The second-order valence-electron chi connectivity index (χ2n) is 5.86. The van der Waals surface area contributed by atoms with Gasteiger partial charge in [0.05, 0.1) is 29.3 Å². The summed E-state index contributed by atoms with van der Waals surface area (Å²) in [6.07, 6.45) is 3.47. The summed E-state index contributed by atoms with van der Waals surface area (Å²) in [4.78, 5) is 17.3. The molecule has 1 N–H and O–H groups in total. The number of ether oxygens (including phenoxy) is 1. The zero-order valence-electron chi connectivity index (χ0n) is 14.8. The minimum absolute atomic E-state index is 0.308. The molecule has 25 heavy (non-hydrogen) atoms. The quantitative estimate of drug-likeness (QED) is 0.737. The maximum absolute atomic E-state index is 5.78. The number of hydrogen-bond donors (Lipinski definition) is 1. The van der Waals surface area contributed by atoms with E-state index in [0.29, 0.717) is 19.0 Å². The van der Waals surface area contributed by atoms with Crippen LogP contribution in [0.4, 0.5) is 5.82 Å². The first-order valence-electron chi connectivity index (χ1n) is 8.06. The van der Waals surface area contributed by atoms with Crippen LogP contribution in [0, 0.1) is 27.7 Å². The Labute approximate surface area is 146 Å². The highest BCUT2D eigenvalue weighted by Gasteiger charge is 2.08. The van der Waals surface area contributed by atoms with E-state index in [9.17, 15) is 0 Å². The molecule has 0 bridgehead atoms. The molecule has 7 heteroatoms. The summed E-state index contributed by atoms with van der Waals surface area (Å²) >= 11 is 0. The number of nitrogens with one attached hydrogen (secondary N) is 1. The molecule has 3 aromatic heterocycles. The van der Waals surface area contributed by atoms with Gasteiger partial charge in [0.1, 0.15) is 23.9 Å². The largest absolute Gasteiger partial charge is 0.468 e. The van der Waals surface area contributed by atoms with Crippen LogP contribution in [0.1, 0.15) is 34.3 Å². The van der Waals surface area contributed by atoms with Gasteiger partial charge in [-0.25, -0.2) is 9.97 Å². The zero-order valence-corrected chi connectivity index (χ0v) is 14.8. The molecule has 3 heterocycles. The molecule has 0 fully saturated rings. The van der Waals surface area contributed by atoms with Gasteiger partial charge in [0.15, 0.2) is 0 Å². The first kappa shape index (κ1) is 16.9. The average Bonchev–Trinajstić information content (AvgIpc) is 3.04. The molecule has 0 aliphatic rings. The van der Waals surface area contributed by atoms with Crippen molar-refractivity contribution in [2.75, 3.05) is 5.32 Å². The highest BCUT2D eigenvalue weighted by Crippen LogP contribution is 2.16. The molecular formula is C18H21N5O2. The third-order valence-electron chi connectivity index (χ3n) is 3.61. The Morgan fingerprint density at radius 3 is 2.40 bits per heavy atom. The van der Waals surface area contributed by atoms with Gasteiger partial charge in [-0.15, -0.1) is 0 Å². The zero-order chi connectivity index (χ0) is 17.8. The minimum atomic E-state index is 0.308. The van der Waals surface area contributed by atoms with Gasteiger partial charge in [0, 0.05) is 12.4 Å². The van der Waals surface area contributed by atoms with Gasteiger partial charge in [-0.2, -0.15) is 0 Å².